The second-order valence-electron chi connectivity index (χ2n) is 5.63. The highest BCUT2D eigenvalue weighted by Gasteiger charge is 2.14. The monoisotopic (exact) mass is 369 g/mol. The minimum absolute atomic E-state index is 0.0352. The first-order valence-electron chi connectivity index (χ1n) is 7.87. The highest BCUT2D eigenvalue weighted by atomic mass is 35.5. The molecular weight excluding hydrogens is 355 g/mol. The van der Waals surface area contributed by atoms with E-state index in [2.05, 4.69) is 5.32 Å². The van der Waals surface area contributed by atoms with Gasteiger partial charge in [-0.3, -0.25) is 9.59 Å². The number of ketones is 1. The summed E-state index contributed by atoms with van der Waals surface area (Å²) in [5.74, 6) is -0.869. The molecule has 2 aromatic carbocycles. The predicted molar refractivity (Wildman–Crippen MR) is 96.6 cm³/mol. The molecule has 130 valence electrons. The topological polar surface area (TPSA) is 50.0 Å². The van der Waals surface area contributed by atoms with Crippen LogP contribution in [0.25, 0.3) is 0 Å². The number of aromatic nitrogens is 1. The molecule has 0 radical (unpaired) electrons. The molecule has 0 aliphatic heterocycles. The Morgan fingerprint density at radius 2 is 1.62 bits per heavy atom. The first kappa shape index (κ1) is 17.8. The lowest BCUT2D eigenvalue weighted by Gasteiger charge is -2.05. The van der Waals surface area contributed by atoms with Gasteiger partial charge < -0.3 is 5.32 Å². The predicted octanol–water partition coefficient (Wildman–Crippen LogP) is 3.64. The van der Waals surface area contributed by atoms with E-state index in [1.807, 2.05) is 6.07 Å². The number of anilines is 1. The lowest BCUT2D eigenvalue weighted by Crippen LogP contribution is -2.39. The van der Waals surface area contributed by atoms with Gasteiger partial charge in [0.2, 0.25) is 6.54 Å². The number of carbonyl (C=O) groups is 2. The molecule has 26 heavy (non-hydrogen) atoms. The van der Waals surface area contributed by atoms with Crippen LogP contribution in [0.15, 0.2) is 73.1 Å². The molecule has 1 amide bonds. The molecule has 1 heterocycles. The van der Waals surface area contributed by atoms with Crippen molar-refractivity contribution in [3.05, 3.63) is 95.0 Å². The summed E-state index contributed by atoms with van der Waals surface area (Å²) in [5, 5.41) is 2.76. The molecule has 4 nitrogen and oxygen atoms in total. The number of pyridine rings is 1. The van der Waals surface area contributed by atoms with Gasteiger partial charge in [0.05, 0.1) is 10.7 Å². The van der Waals surface area contributed by atoms with E-state index in [1.54, 1.807) is 53.4 Å². The number of hydrogen-bond donors (Lipinski definition) is 1. The zero-order valence-corrected chi connectivity index (χ0v) is 14.4. The van der Waals surface area contributed by atoms with Gasteiger partial charge in [0.25, 0.3) is 5.91 Å². The average Bonchev–Trinajstić information content (AvgIpc) is 2.65. The Hall–Kier alpha value is -3.05. The average molecular weight is 370 g/mol. The van der Waals surface area contributed by atoms with Crippen LogP contribution < -0.4 is 9.88 Å². The van der Waals surface area contributed by atoms with Crippen molar-refractivity contribution in [2.24, 2.45) is 0 Å². The Balaban J connectivity index is 1.65. The third-order valence-electron chi connectivity index (χ3n) is 3.72. The quantitative estimate of drug-likeness (QED) is 0.551. The fraction of sp³-hybridized carbons (Fsp3) is 0.0500. The van der Waals surface area contributed by atoms with E-state index in [0.717, 1.165) is 6.07 Å². The summed E-state index contributed by atoms with van der Waals surface area (Å²) >= 11 is 5.89. The molecule has 0 spiro atoms. The van der Waals surface area contributed by atoms with Gasteiger partial charge >= 0.3 is 0 Å². The lowest BCUT2D eigenvalue weighted by atomic mass is 10.0. The van der Waals surface area contributed by atoms with Gasteiger partial charge in [-0.15, -0.1) is 0 Å². The fourth-order valence-corrected chi connectivity index (χ4v) is 2.63. The molecule has 1 aromatic heterocycles. The van der Waals surface area contributed by atoms with Gasteiger partial charge in [0.15, 0.2) is 18.2 Å². The number of nitrogens with one attached hydrogen (secondary N) is 1. The number of carbonyl (C=O) groups excluding carboxylic acids is 2. The van der Waals surface area contributed by atoms with E-state index in [9.17, 15) is 14.0 Å². The van der Waals surface area contributed by atoms with Crippen molar-refractivity contribution >= 4 is 29.0 Å². The van der Waals surface area contributed by atoms with Crippen LogP contribution in [0.4, 0.5) is 10.1 Å². The van der Waals surface area contributed by atoms with Gasteiger partial charge in [-0.1, -0.05) is 41.9 Å². The second-order valence-corrected chi connectivity index (χ2v) is 6.03. The van der Waals surface area contributed by atoms with Gasteiger partial charge in [0, 0.05) is 23.3 Å². The van der Waals surface area contributed by atoms with Crippen LogP contribution >= 0.6 is 11.6 Å². The third-order valence-corrected chi connectivity index (χ3v) is 4.03. The summed E-state index contributed by atoms with van der Waals surface area (Å²) in [6.45, 7) is 0.0352. The van der Waals surface area contributed by atoms with Crippen LogP contribution in [0.5, 0.6) is 0 Å². The summed E-state index contributed by atoms with van der Waals surface area (Å²) in [6.07, 6.45) is 3.31. The second kappa shape index (κ2) is 7.89. The lowest BCUT2D eigenvalue weighted by molar-refractivity contribution is -0.684. The Morgan fingerprint density at radius 1 is 0.962 bits per heavy atom. The van der Waals surface area contributed by atoms with Crippen molar-refractivity contribution in [3.8, 4) is 0 Å². The summed E-state index contributed by atoms with van der Waals surface area (Å²) in [6, 6.07) is 16.0. The van der Waals surface area contributed by atoms with E-state index in [4.69, 9.17) is 11.6 Å². The van der Waals surface area contributed by atoms with Crippen molar-refractivity contribution in [2.45, 2.75) is 6.54 Å². The maximum absolute atomic E-state index is 13.0. The van der Waals surface area contributed by atoms with E-state index in [-0.39, 0.29) is 23.3 Å². The van der Waals surface area contributed by atoms with Gasteiger partial charge in [-0.05, 0) is 18.2 Å². The highest BCUT2D eigenvalue weighted by molar-refractivity contribution is 6.33. The SMILES string of the molecule is O=C(C[n+]1ccc(C(=O)c2ccccc2)cc1)Nc1ccc(F)cc1Cl. The van der Waals surface area contributed by atoms with Crippen LogP contribution in [0.1, 0.15) is 15.9 Å². The maximum Gasteiger partial charge on any atom is 0.290 e. The zero-order chi connectivity index (χ0) is 18.5. The Labute approximate surface area is 154 Å². The molecule has 0 unspecified atom stereocenters. The Morgan fingerprint density at radius 3 is 2.27 bits per heavy atom. The Kier molecular flexibility index (Phi) is 5.39. The highest BCUT2D eigenvalue weighted by Crippen LogP contribution is 2.22. The number of halogens is 2. The number of benzene rings is 2. The summed E-state index contributed by atoms with van der Waals surface area (Å²) in [5.41, 5.74) is 1.48. The number of nitrogens with zero attached hydrogens (tertiary/aromatic N) is 1. The molecule has 3 rings (SSSR count). The van der Waals surface area contributed by atoms with Crippen molar-refractivity contribution < 1.29 is 18.5 Å². The molecule has 0 saturated heterocycles. The number of amides is 1. The fourth-order valence-electron chi connectivity index (χ4n) is 2.42. The summed E-state index contributed by atoms with van der Waals surface area (Å²) in [4.78, 5) is 24.5. The molecule has 0 aliphatic rings. The third kappa shape index (κ3) is 4.32. The van der Waals surface area contributed by atoms with Gasteiger partial charge in [-0.25, -0.2) is 4.39 Å². The van der Waals surface area contributed by atoms with Crippen LogP contribution in [-0.2, 0) is 11.3 Å². The molecule has 6 heteroatoms. The first-order chi connectivity index (χ1) is 12.5. The van der Waals surface area contributed by atoms with Gasteiger partial charge in [0.1, 0.15) is 5.82 Å². The molecule has 0 atom stereocenters. The molecule has 3 aromatic rings. The summed E-state index contributed by atoms with van der Waals surface area (Å²) < 4.78 is 14.7. The van der Waals surface area contributed by atoms with Crippen molar-refractivity contribution in [2.75, 3.05) is 5.32 Å². The normalized spacial score (nSPS) is 10.4. The molecular formula is C20H15ClFN2O2+. The van der Waals surface area contributed by atoms with Gasteiger partial charge in [-0.2, -0.15) is 4.57 Å². The molecule has 0 saturated carbocycles. The van der Waals surface area contributed by atoms with E-state index in [0.29, 0.717) is 16.8 Å². The van der Waals surface area contributed by atoms with E-state index >= 15 is 0 Å². The van der Waals surface area contributed by atoms with Crippen LogP contribution in [0, 0.1) is 5.82 Å². The molecule has 0 aliphatic carbocycles. The molecule has 0 fully saturated rings. The largest absolute Gasteiger partial charge is 0.319 e. The zero-order valence-electron chi connectivity index (χ0n) is 13.7. The Bertz CT molecular complexity index is 944. The number of rotatable bonds is 5. The smallest absolute Gasteiger partial charge is 0.290 e. The molecule has 0 bridgehead atoms. The summed E-state index contributed by atoms with van der Waals surface area (Å²) in [7, 11) is 0. The minimum atomic E-state index is -0.471. The van der Waals surface area contributed by atoms with Crippen molar-refractivity contribution in [1.29, 1.82) is 0 Å². The van der Waals surface area contributed by atoms with Crippen molar-refractivity contribution in [3.63, 3.8) is 0 Å². The van der Waals surface area contributed by atoms with Crippen LogP contribution in [-0.4, -0.2) is 11.7 Å². The number of hydrogen-bond acceptors (Lipinski definition) is 2. The minimum Gasteiger partial charge on any atom is -0.319 e. The van der Waals surface area contributed by atoms with Crippen molar-refractivity contribution in [1.82, 2.24) is 0 Å². The first-order valence-corrected chi connectivity index (χ1v) is 8.24. The standard InChI is InChI=1S/C20H14ClFN2O2/c21-17-12-16(22)6-7-18(17)23-19(25)13-24-10-8-15(9-11-24)20(26)14-4-2-1-3-5-14/h1-12H,13H2/p+1. The van der Waals surface area contributed by atoms with Crippen LogP contribution in [0.2, 0.25) is 5.02 Å². The van der Waals surface area contributed by atoms with E-state index < -0.39 is 5.82 Å². The molecule has 1 N–H and O–H groups in total. The maximum atomic E-state index is 13.0. The van der Waals surface area contributed by atoms with Crippen LogP contribution in [0.3, 0.4) is 0 Å². The van der Waals surface area contributed by atoms with E-state index in [1.165, 1.54) is 12.1 Å².